The molecule has 4 aromatic rings. The third-order valence-electron chi connectivity index (χ3n) is 8.43. The fraction of sp³-hybridized carbons (Fsp3) is 0.333. The first-order chi connectivity index (χ1) is 19.8. The molecule has 3 atom stereocenters. The lowest BCUT2D eigenvalue weighted by Crippen LogP contribution is -2.41. The van der Waals surface area contributed by atoms with Gasteiger partial charge in [0.25, 0.3) is 0 Å². The van der Waals surface area contributed by atoms with Crippen molar-refractivity contribution < 1.29 is 9.47 Å². The van der Waals surface area contributed by atoms with Crippen LogP contribution in [0, 0.1) is 27.7 Å². The molecular weight excluding hydrogens is 528 g/mol. The Kier molecular flexibility index (Phi) is 7.82. The van der Waals surface area contributed by atoms with Gasteiger partial charge in [0.15, 0.2) is 0 Å². The van der Waals surface area contributed by atoms with Gasteiger partial charge in [0.05, 0.1) is 0 Å². The monoisotopic (exact) mass is 566 g/mol. The average molecular weight is 567 g/mol. The number of hydrogen-bond acceptors (Lipinski definition) is 4. The van der Waals surface area contributed by atoms with Gasteiger partial charge in [-0.3, -0.25) is 0 Å². The summed E-state index contributed by atoms with van der Waals surface area (Å²) in [7, 11) is 0. The van der Waals surface area contributed by atoms with E-state index in [1.54, 1.807) is 0 Å². The zero-order valence-electron chi connectivity index (χ0n) is 24.4. The Labute approximate surface area is 248 Å². The molecule has 0 radical (unpaired) electrons. The molecule has 4 nitrogen and oxygen atoms in total. The predicted molar refractivity (Wildman–Crippen MR) is 169 cm³/mol. The summed E-state index contributed by atoms with van der Waals surface area (Å²) in [6.07, 6.45) is 2.65. The van der Waals surface area contributed by atoms with Gasteiger partial charge < -0.3 is 20.5 Å². The van der Waals surface area contributed by atoms with E-state index in [0.717, 1.165) is 47.9 Å². The Morgan fingerprint density at radius 3 is 2.22 bits per heavy atom. The SMILES string of the molecule is Cc1cc2c(c(-c3ccccc3C)c1)OC(CC(N)CNCC1Cc3cc(Cl)cc(-c4c(C)cccc4C)c3O1)C2. The molecule has 0 aromatic heterocycles. The topological polar surface area (TPSA) is 56.5 Å². The van der Waals surface area contributed by atoms with Gasteiger partial charge in [-0.25, -0.2) is 0 Å². The van der Waals surface area contributed by atoms with E-state index in [2.05, 4.69) is 87.6 Å². The standard InChI is InChI=1S/C36H39ClN2O2/c1-21-12-25-15-29(40-35(25)32(13-21)31-11-6-5-8-22(31)2)18-28(38)19-39-20-30-16-26-14-27(37)17-33(36(26)41-30)34-23(3)9-7-10-24(34)4/h5-14,17,28-30,39H,15-16,18-20,38H2,1-4H3. The van der Waals surface area contributed by atoms with Crippen LogP contribution in [0.5, 0.6) is 11.5 Å². The highest BCUT2D eigenvalue weighted by molar-refractivity contribution is 6.31. The van der Waals surface area contributed by atoms with Crippen molar-refractivity contribution in [3.8, 4) is 33.8 Å². The highest BCUT2D eigenvalue weighted by Gasteiger charge is 2.30. The number of hydrogen-bond donors (Lipinski definition) is 2. The van der Waals surface area contributed by atoms with E-state index < -0.39 is 0 Å². The quantitative estimate of drug-likeness (QED) is 0.231. The van der Waals surface area contributed by atoms with E-state index in [9.17, 15) is 0 Å². The van der Waals surface area contributed by atoms with Crippen LogP contribution in [0.3, 0.4) is 0 Å². The zero-order valence-corrected chi connectivity index (χ0v) is 25.1. The van der Waals surface area contributed by atoms with Gasteiger partial charge in [-0.15, -0.1) is 0 Å². The van der Waals surface area contributed by atoms with Crippen LogP contribution < -0.4 is 20.5 Å². The Morgan fingerprint density at radius 1 is 0.780 bits per heavy atom. The van der Waals surface area contributed by atoms with Crippen LogP contribution in [-0.2, 0) is 12.8 Å². The number of ether oxygens (including phenoxy) is 2. The minimum Gasteiger partial charge on any atom is -0.489 e. The second-order valence-electron chi connectivity index (χ2n) is 11.9. The molecular formula is C36H39ClN2O2. The molecule has 212 valence electrons. The molecule has 0 spiro atoms. The van der Waals surface area contributed by atoms with Crippen molar-refractivity contribution in [3.05, 3.63) is 105 Å². The minimum absolute atomic E-state index is 0.0132. The number of benzene rings is 4. The molecule has 0 bridgehead atoms. The molecule has 0 aliphatic carbocycles. The Bertz CT molecular complexity index is 1580. The Morgan fingerprint density at radius 2 is 1.44 bits per heavy atom. The maximum atomic E-state index is 6.61. The number of nitrogens with one attached hydrogen (secondary N) is 1. The first-order valence-electron chi connectivity index (χ1n) is 14.6. The van der Waals surface area contributed by atoms with Crippen molar-refractivity contribution in [2.24, 2.45) is 5.73 Å². The highest BCUT2D eigenvalue weighted by Crippen LogP contribution is 2.44. The van der Waals surface area contributed by atoms with Crippen molar-refractivity contribution in [1.29, 1.82) is 0 Å². The van der Waals surface area contributed by atoms with E-state index in [1.807, 2.05) is 12.1 Å². The molecule has 0 saturated heterocycles. The third kappa shape index (κ3) is 5.74. The van der Waals surface area contributed by atoms with Crippen LogP contribution in [-0.4, -0.2) is 31.3 Å². The van der Waals surface area contributed by atoms with Crippen molar-refractivity contribution in [1.82, 2.24) is 5.32 Å². The van der Waals surface area contributed by atoms with E-state index in [1.165, 1.54) is 50.1 Å². The summed E-state index contributed by atoms with van der Waals surface area (Å²) >= 11 is 6.55. The van der Waals surface area contributed by atoms with Gasteiger partial charge in [-0.05, 0) is 90.4 Å². The van der Waals surface area contributed by atoms with Gasteiger partial charge in [-0.1, -0.05) is 60.1 Å². The van der Waals surface area contributed by atoms with Crippen LogP contribution in [0.1, 0.15) is 39.8 Å². The first kappa shape index (κ1) is 27.8. The molecule has 0 amide bonds. The molecule has 6 rings (SSSR count). The summed E-state index contributed by atoms with van der Waals surface area (Å²) in [4.78, 5) is 0. The largest absolute Gasteiger partial charge is 0.489 e. The fourth-order valence-electron chi connectivity index (χ4n) is 6.58. The van der Waals surface area contributed by atoms with Gasteiger partial charge in [0.1, 0.15) is 23.7 Å². The highest BCUT2D eigenvalue weighted by atomic mass is 35.5. The Hall–Kier alpha value is -3.31. The normalized spacial score (nSPS) is 18.0. The van der Waals surface area contributed by atoms with Crippen molar-refractivity contribution in [3.63, 3.8) is 0 Å². The van der Waals surface area contributed by atoms with Crippen molar-refractivity contribution in [2.75, 3.05) is 13.1 Å². The lowest BCUT2D eigenvalue weighted by molar-refractivity contribution is 0.204. The zero-order chi connectivity index (χ0) is 28.7. The van der Waals surface area contributed by atoms with Crippen LogP contribution in [0.25, 0.3) is 22.3 Å². The molecule has 4 aromatic carbocycles. The van der Waals surface area contributed by atoms with Crippen LogP contribution in [0.15, 0.2) is 66.7 Å². The number of halogens is 1. The molecule has 3 N–H and O–H groups in total. The van der Waals surface area contributed by atoms with Crippen LogP contribution in [0.4, 0.5) is 0 Å². The molecule has 0 saturated carbocycles. The third-order valence-corrected chi connectivity index (χ3v) is 8.65. The number of fused-ring (bicyclic) bond motifs is 2. The number of rotatable bonds is 8. The van der Waals surface area contributed by atoms with Crippen molar-refractivity contribution >= 4 is 11.6 Å². The van der Waals surface area contributed by atoms with E-state index in [4.69, 9.17) is 26.8 Å². The molecule has 5 heteroatoms. The minimum atomic E-state index is -0.0132. The van der Waals surface area contributed by atoms with E-state index >= 15 is 0 Å². The van der Waals surface area contributed by atoms with E-state index in [0.29, 0.717) is 6.54 Å². The lowest BCUT2D eigenvalue weighted by atomic mass is 9.93. The van der Waals surface area contributed by atoms with Gasteiger partial charge >= 0.3 is 0 Å². The van der Waals surface area contributed by atoms with Gasteiger partial charge in [-0.2, -0.15) is 0 Å². The summed E-state index contributed by atoms with van der Waals surface area (Å²) in [6.45, 7) is 10.0. The van der Waals surface area contributed by atoms with Crippen molar-refractivity contribution in [2.45, 2.75) is 65.2 Å². The number of aryl methyl sites for hydroxylation is 4. The molecule has 2 aliphatic rings. The smallest absolute Gasteiger partial charge is 0.131 e. The van der Waals surface area contributed by atoms with Crippen LogP contribution in [0.2, 0.25) is 5.02 Å². The second kappa shape index (κ2) is 11.5. The van der Waals surface area contributed by atoms with Gasteiger partial charge in [0, 0.05) is 54.5 Å². The first-order valence-corrected chi connectivity index (χ1v) is 15.0. The molecule has 0 fully saturated rings. The maximum absolute atomic E-state index is 6.61. The summed E-state index contributed by atoms with van der Waals surface area (Å²) in [5, 5.41) is 4.32. The van der Waals surface area contributed by atoms with Gasteiger partial charge in [0.2, 0.25) is 0 Å². The van der Waals surface area contributed by atoms with E-state index in [-0.39, 0.29) is 18.2 Å². The Balaban J connectivity index is 1.06. The molecule has 2 aliphatic heterocycles. The summed E-state index contributed by atoms with van der Waals surface area (Å²) in [5.41, 5.74) is 18.7. The second-order valence-corrected chi connectivity index (χ2v) is 12.3. The summed E-state index contributed by atoms with van der Waals surface area (Å²) in [5.74, 6) is 1.98. The fourth-order valence-corrected chi connectivity index (χ4v) is 6.82. The summed E-state index contributed by atoms with van der Waals surface area (Å²) < 4.78 is 13.0. The number of nitrogens with two attached hydrogens (primary N) is 1. The summed E-state index contributed by atoms with van der Waals surface area (Å²) in [6, 6.07) is 23.5. The maximum Gasteiger partial charge on any atom is 0.131 e. The lowest BCUT2D eigenvalue weighted by Gasteiger charge is -2.20. The molecule has 2 heterocycles. The predicted octanol–water partition coefficient (Wildman–Crippen LogP) is 7.52. The molecule has 3 unspecified atom stereocenters. The van der Waals surface area contributed by atoms with Crippen LogP contribution >= 0.6 is 11.6 Å². The molecule has 41 heavy (non-hydrogen) atoms. The average Bonchev–Trinajstić information content (AvgIpc) is 3.51.